The third-order valence-corrected chi connectivity index (χ3v) is 2.96. The fourth-order valence-corrected chi connectivity index (χ4v) is 1.95. The molecule has 0 N–H and O–H groups in total. The van der Waals surface area contributed by atoms with Crippen LogP contribution in [0.3, 0.4) is 0 Å². The van der Waals surface area contributed by atoms with E-state index in [1.807, 2.05) is 0 Å². The second-order valence-corrected chi connectivity index (χ2v) is 4.51. The van der Waals surface area contributed by atoms with Gasteiger partial charge in [0.05, 0.1) is 20.3 Å². The predicted octanol–water partition coefficient (Wildman–Crippen LogP) is 2.53. The first-order valence-electron chi connectivity index (χ1n) is 6.67. The SMILES string of the molecule is CCOC(=O)c1nnn(Cc2ccc(OC)cc2)c1C(F)(F)F. The molecule has 0 bridgehead atoms. The number of esters is 1. The van der Waals surface area contributed by atoms with Crippen LogP contribution in [-0.4, -0.2) is 34.7 Å². The molecule has 0 aliphatic heterocycles. The largest absolute Gasteiger partial charge is 0.497 e. The van der Waals surface area contributed by atoms with Gasteiger partial charge in [0.15, 0.2) is 5.69 Å². The number of hydrogen-bond donors (Lipinski definition) is 0. The highest BCUT2D eigenvalue weighted by Gasteiger charge is 2.42. The Morgan fingerprint density at radius 1 is 1.26 bits per heavy atom. The zero-order valence-corrected chi connectivity index (χ0v) is 12.4. The molecular weight excluding hydrogens is 315 g/mol. The zero-order chi connectivity index (χ0) is 17.0. The first kappa shape index (κ1) is 16.8. The number of nitrogens with zero attached hydrogens (tertiary/aromatic N) is 3. The summed E-state index contributed by atoms with van der Waals surface area (Å²) in [6.07, 6.45) is -4.78. The van der Waals surface area contributed by atoms with Crippen LogP contribution in [0.2, 0.25) is 0 Å². The number of hydrogen-bond acceptors (Lipinski definition) is 5. The Balaban J connectivity index is 2.36. The fraction of sp³-hybridized carbons (Fsp3) is 0.357. The highest BCUT2D eigenvalue weighted by Crippen LogP contribution is 2.31. The van der Waals surface area contributed by atoms with E-state index < -0.39 is 23.5 Å². The minimum atomic E-state index is -4.78. The van der Waals surface area contributed by atoms with Crippen molar-refractivity contribution in [1.82, 2.24) is 15.0 Å². The Labute approximate surface area is 129 Å². The van der Waals surface area contributed by atoms with E-state index in [0.29, 0.717) is 16.0 Å². The molecule has 0 atom stereocenters. The summed E-state index contributed by atoms with van der Waals surface area (Å²) in [7, 11) is 1.49. The second kappa shape index (κ2) is 6.67. The summed E-state index contributed by atoms with van der Waals surface area (Å²) in [4.78, 5) is 11.6. The van der Waals surface area contributed by atoms with E-state index in [-0.39, 0.29) is 13.2 Å². The molecule has 1 aromatic carbocycles. The molecule has 0 spiro atoms. The molecule has 0 aliphatic rings. The van der Waals surface area contributed by atoms with Gasteiger partial charge >= 0.3 is 12.1 Å². The monoisotopic (exact) mass is 329 g/mol. The van der Waals surface area contributed by atoms with Gasteiger partial charge in [-0.25, -0.2) is 9.48 Å². The minimum absolute atomic E-state index is 0.0541. The van der Waals surface area contributed by atoms with Crippen LogP contribution in [0.15, 0.2) is 24.3 Å². The van der Waals surface area contributed by atoms with Crippen molar-refractivity contribution in [3.05, 3.63) is 41.2 Å². The van der Waals surface area contributed by atoms with Crippen molar-refractivity contribution in [2.45, 2.75) is 19.6 Å². The van der Waals surface area contributed by atoms with Gasteiger partial charge in [-0.1, -0.05) is 17.3 Å². The molecule has 9 heteroatoms. The van der Waals surface area contributed by atoms with E-state index in [9.17, 15) is 18.0 Å². The number of carbonyl (C=O) groups is 1. The molecule has 0 saturated carbocycles. The molecular formula is C14H14F3N3O3. The summed E-state index contributed by atoms with van der Waals surface area (Å²) < 4.78 is 49.9. The maximum atomic E-state index is 13.2. The fourth-order valence-electron chi connectivity index (χ4n) is 1.95. The van der Waals surface area contributed by atoms with Crippen LogP contribution >= 0.6 is 0 Å². The molecule has 0 radical (unpaired) electrons. The molecule has 2 aromatic rings. The van der Waals surface area contributed by atoms with Gasteiger partial charge in [0.2, 0.25) is 5.69 Å². The Morgan fingerprint density at radius 2 is 1.91 bits per heavy atom. The molecule has 2 rings (SSSR count). The average molecular weight is 329 g/mol. The predicted molar refractivity (Wildman–Crippen MR) is 73.1 cm³/mol. The van der Waals surface area contributed by atoms with Crippen molar-refractivity contribution in [2.24, 2.45) is 0 Å². The van der Waals surface area contributed by atoms with E-state index in [4.69, 9.17) is 4.74 Å². The first-order valence-corrected chi connectivity index (χ1v) is 6.67. The van der Waals surface area contributed by atoms with E-state index in [1.54, 1.807) is 24.3 Å². The molecule has 124 valence electrons. The summed E-state index contributed by atoms with van der Waals surface area (Å²) in [5, 5.41) is 6.76. The number of rotatable bonds is 5. The van der Waals surface area contributed by atoms with Gasteiger partial charge in [-0.05, 0) is 24.6 Å². The summed E-state index contributed by atoms with van der Waals surface area (Å²) in [5.74, 6) is -0.573. The number of methoxy groups -OCH3 is 1. The number of benzene rings is 1. The quantitative estimate of drug-likeness (QED) is 0.789. The molecule has 23 heavy (non-hydrogen) atoms. The zero-order valence-electron chi connectivity index (χ0n) is 12.4. The molecule has 1 heterocycles. The lowest BCUT2D eigenvalue weighted by molar-refractivity contribution is -0.144. The van der Waals surface area contributed by atoms with E-state index >= 15 is 0 Å². The Hall–Kier alpha value is -2.58. The van der Waals surface area contributed by atoms with E-state index in [0.717, 1.165) is 0 Å². The number of alkyl halides is 3. The second-order valence-electron chi connectivity index (χ2n) is 4.51. The third-order valence-electron chi connectivity index (χ3n) is 2.96. The van der Waals surface area contributed by atoms with Crippen molar-refractivity contribution in [2.75, 3.05) is 13.7 Å². The maximum absolute atomic E-state index is 13.2. The van der Waals surface area contributed by atoms with Crippen LogP contribution in [0.4, 0.5) is 13.2 Å². The topological polar surface area (TPSA) is 66.2 Å². The van der Waals surface area contributed by atoms with Crippen LogP contribution in [0.1, 0.15) is 28.7 Å². The lowest BCUT2D eigenvalue weighted by Gasteiger charge is -2.11. The molecule has 0 amide bonds. The van der Waals surface area contributed by atoms with Gasteiger partial charge in [0.25, 0.3) is 0 Å². The molecule has 0 unspecified atom stereocenters. The third kappa shape index (κ3) is 3.79. The van der Waals surface area contributed by atoms with Crippen molar-refractivity contribution in [3.63, 3.8) is 0 Å². The number of carbonyl (C=O) groups excluding carboxylic acids is 1. The van der Waals surface area contributed by atoms with Gasteiger partial charge in [0.1, 0.15) is 5.75 Å². The first-order chi connectivity index (χ1) is 10.9. The van der Waals surface area contributed by atoms with E-state index in [1.165, 1.54) is 14.0 Å². The number of aromatic nitrogens is 3. The lowest BCUT2D eigenvalue weighted by atomic mass is 10.2. The van der Waals surface area contributed by atoms with Crippen molar-refractivity contribution < 1.29 is 27.4 Å². The molecule has 0 aliphatic carbocycles. The standard InChI is InChI=1S/C14H14F3N3O3/c1-3-23-13(21)11-12(14(15,16)17)20(19-18-11)8-9-4-6-10(22-2)7-5-9/h4-7H,3,8H2,1-2H3. The van der Waals surface area contributed by atoms with Gasteiger partial charge in [0, 0.05) is 0 Å². The van der Waals surface area contributed by atoms with Crippen LogP contribution in [0.5, 0.6) is 5.75 Å². The average Bonchev–Trinajstić information content (AvgIpc) is 2.92. The molecule has 1 aromatic heterocycles. The summed E-state index contributed by atoms with van der Waals surface area (Å²) in [6.45, 7) is 1.25. The summed E-state index contributed by atoms with van der Waals surface area (Å²) in [5.41, 5.74) is -1.52. The van der Waals surface area contributed by atoms with Gasteiger partial charge < -0.3 is 9.47 Å². The minimum Gasteiger partial charge on any atom is -0.497 e. The van der Waals surface area contributed by atoms with Crippen LogP contribution in [0.25, 0.3) is 0 Å². The van der Waals surface area contributed by atoms with Crippen molar-refractivity contribution >= 4 is 5.97 Å². The summed E-state index contributed by atoms with van der Waals surface area (Å²) in [6, 6.07) is 6.44. The molecule has 6 nitrogen and oxygen atoms in total. The summed E-state index contributed by atoms with van der Waals surface area (Å²) >= 11 is 0. The highest BCUT2D eigenvalue weighted by atomic mass is 19.4. The van der Waals surface area contributed by atoms with Crippen molar-refractivity contribution in [3.8, 4) is 5.75 Å². The molecule has 0 fully saturated rings. The molecule has 0 saturated heterocycles. The Kier molecular flexibility index (Phi) is 4.87. The van der Waals surface area contributed by atoms with Crippen LogP contribution < -0.4 is 4.74 Å². The van der Waals surface area contributed by atoms with E-state index in [2.05, 4.69) is 15.0 Å². The Morgan fingerprint density at radius 3 is 2.43 bits per heavy atom. The van der Waals surface area contributed by atoms with Gasteiger partial charge in [-0.3, -0.25) is 0 Å². The number of ether oxygens (including phenoxy) is 2. The smallest absolute Gasteiger partial charge is 0.435 e. The normalized spacial score (nSPS) is 11.3. The highest BCUT2D eigenvalue weighted by molar-refractivity contribution is 5.88. The number of halogens is 3. The van der Waals surface area contributed by atoms with Crippen LogP contribution in [-0.2, 0) is 17.5 Å². The maximum Gasteiger partial charge on any atom is 0.435 e. The van der Waals surface area contributed by atoms with Crippen LogP contribution in [0, 0.1) is 0 Å². The van der Waals surface area contributed by atoms with Gasteiger partial charge in [-0.15, -0.1) is 5.10 Å². The lowest BCUT2D eigenvalue weighted by Crippen LogP contribution is -2.20. The Bertz CT molecular complexity index is 681. The van der Waals surface area contributed by atoms with Gasteiger partial charge in [-0.2, -0.15) is 13.2 Å². The van der Waals surface area contributed by atoms with Crippen molar-refractivity contribution in [1.29, 1.82) is 0 Å².